The first-order valence-corrected chi connectivity index (χ1v) is 9.23. The van der Waals surface area contributed by atoms with Crippen LogP contribution in [0.15, 0.2) is 22.7 Å². The minimum atomic E-state index is 0.0309. The summed E-state index contributed by atoms with van der Waals surface area (Å²) in [4.78, 5) is 10.8. The Morgan fingerprint density at radius 2 is 1.72 bits per heavy atom. The Kier molecular flexibility index (Phi) is 10.6. The second kappa shape index (κ2) is 12.2. The fraction of sp³-hybridized carbons (Fsp3) is 0.526. The molecule has 25 heavy (non-hydrogen) atoms. The van der Waals surface area contributed by atoms with E-state index in [0.29, 0.717) is 19.8 Å². The van der Waals surface area contributed by atoms with E-state index < -0.39 is 0 Å². The van der Waals surface area contributed by atoms with Crippen molar-refractivity contribution in [3.8, 4) is 11.5 Å². The molecule has 0 N–H and O–H groups in total. The van der Waals surface area contributed by atoms with Crippen LogP contribution in [0.2, 0.25) is 0 Å². The van der Waals surface area contributed by atoms with E-state index in [1.54, 1.807) is 6.08 Å². The third-order valence-electron chi connectivity index (χ3n) is 3.45. The normalized spacial score (nSPS) is 10.4. The van der Waals surface area contributed by atoms with Gasteiger partial charge >= 0.3 is 0 Å². The molecular formula is C19H26Cl2O4. The number of rotatable bonds is 12. The van der Waals surface area contributed by atoms with Crippen LogP contribution in [-0.2, 0) is 22.4 Å². The minimum absolute atomic E-state index is 0.0309. The summed E-state index contributed by atoms with van der Waals surface area (Å²) in [6.07, 6.45) is 4.02. The molecule has 0 amide bonds. The van der Waals surface area contributed by atoms with E-state index >= 15 is 0 Å². The van der Waals surface area contributed by atoms with Crippen LogP contribution in [0.25, 0.3) is 0 Å². The number of ether oxygens (including phenoxy) is 3. The maximum Gasteiger partial charge on any atom is 0.155 e. The minimum Gasteiger partial charge on any atom is -0.493 e. The van der Waals surface area contributed by atoms with Gasteiger partial charge in [-0.05, 0) is 49.1 Å². The lowest BCUT2D eigenvalue weighted by Crippen LogP contribution is -2.09. The highest BCUT2D eigenvalue weighted by Crippen LogP contribution is 2.31. The van der Waals surface area contributed by atoms with Crippen LogP contribution >= 0.6 is 23.2 Å². The molecule has 0 aliphatic carbocycles. The molecule has 0 saturated heterocycles. The average molecular weight is 389 g/mol. The molecule has 0 fully saturated rings. The number of Topliss-reactive ketones (excluding diaryl/α,β-unsaturated/α-hetero) is 1. The Hall–Kier alpha value is -1.23. The third-order valence-corrected chi connectivity index (χ3v) is 3.76. The molecule has 0 aliphatic heterocycles. The topological polar surface area (TPSA) is 44.8 Å². The Morgan fingerprint density at radius 3 is 2.24 bits per heavy atom. The summed E-state index contributed by atoms with van der Waals surface area (Å²) >= 11 is 11.2. The Labute approximate surface area is 160 Å². The van der Waals surface area contributed by atoms with Gasteiger partial charge in [-0.3, -0.25) is 4.79 Å². The molecule has 140 valence electrons. The summed E-state index contributed by atoms with van der Waals surface area (Å²) in [6.45, 7) is 7.21. The number of hydrogen-bond donors (Lipinski definition) is 0. The molecule has 0 unspecified atom stereocenters. The van der Waals surface area contributed by atoms with Gasteiger partial charge in [0.05, 0.1) is 13.2 Å². The van der Waals surface area contributed by atoms with Gasteiger partial charge in [0.2, 0.25) is 0 Å². The Balaban J connectivity index is 2.68. The molecule has 1 aromatic rings. The van der Waals surface area contributed by atoms with Crippen LogP contribution in [0.4, 0.5) is 0 Å². The van der Waals surface area contributed by atoms with Crippen LogP contribution in [0.5, 0.6) is 11.5 Å². The lowest BCUT2D eigenvalue weighted by Gasteiger charge is -2.17. The molecule has 4 nitrogen and oxygen atoms in total. The monoisotopic (exact) mass is 388 g/mol. The summed E-state index contributed by atoms with van der Waals surface area (Å²) in [5.74, 6) is 1.72. The van der Waals surface area contributed by atoms with E-state index in [-0.39, 0.29) is 16.9 Å². The number of benzene rings is 1. The van der Waals surface area contributed by atoms with Crippen molar-refractivity contribution in [2.24, 2.45) is 0 Å². The first-order valence-electron chi connectivity index (χ1n) is 8.47. The van der Waals surface area contributed by atoms with Crippen LogP contribution in [-0.4, -0.2) is 32.2 Å². The van der Waals surface area contributed by atoms with E-state index in [4.69, 9.17) is 37.4 Å². The Morgan fingerprint density at radius 1 is 1.08 bits per heavy atom. The van der Waals surface area contributed by atoms with Crippen LogP contribution in [0.3, 0.4) is 0 Å². The number of halogens is 2. The Bertz CT molecular complexity index is 556. The zero-order chi connectivity index (χ0) is 18.7. The molecule has 0 heterocycles. The van der Waals surface area contributed by atoms with Crippen molar-refractivity contribution in [2.75, 3.05) is 26.4 Å². The first kappa shape index (κ1) is 21.8. The van der Waals surface area contributed by atoms with Gasteiger partial charge in [0.1, 0.15) is 29.2 Å². The number of aryl methyl sites for hydroxylation is 2. The molecule has 0 saturated carbocycles. The van der Waals surface area contributed by atoms with Gasteiger partial charge in [-0.25, -0.2) is 0 Å². The molecular weight excluding hydrogens is 363 g/mol. The van der Waals surface area contributed by atoms with Crippen molar-refractivity contribution in [2.45, 2.75) is 40.0 Å². The molecule has 1 rings (SSSR count). The number of ketones is 1. The smallest absolute Gasteiger partial charge is 0.155 e. The van der Waals surface area contributed by atoms with Gasteiger partial charge in [-0.1, -0.05) is 37.0 Å². The van der Waals surface area contributed by atoms with Crippen molar-refractivity contribution >= 4 is 29.0 Å². The first-order chi connectivity index (χ1) is 12.0. The zero-order valence-corrected chi connectivity index (χ0v) is 16.6. The van der Waals surface area contributed by atoms with Crippen molar-refractivity contribution in [1.82, 2.24) is 0 Å². The SMILES string of the molecule is CCc1cc(OCC=C(Cl)Cl)cc(CC)c1OCCCOCC(C)=O. The number of carbonyl (C=O) groups is 1. The molecule has 0 aliphatic rings. The fourth-order valence-corrected chi connectivity index (χ4v) is 2.39. The fourth-order valence-electron chi connectivity index (χ4n) is 2.27. The zero-order valence-electron chi connectivity index (χ0n) is 15.1. The summed E-state index contributed by atoms with van der Waals surface area (Å²) in [5.41, 5.74) is 2.19. The quantitative estimate of drug-likeness (QED) is 0.478. The van der Waals surface area contributed by atoms with E-state index in [1.165, 1.54) is 6.92 Å². The van der Waals surface area contributed by atoms with Crippen molar-refractivity contribution in [1.29, 1.82) is 0 Å². The highest BCUT2D eigenvalue weighted by molar-refractivity contribution is 6.55. The van der Waals surface area contributed by atoms with Gasteiger partial charge in [0, 0.05) is 6.42 Å². The molecule has 6 heteroatoms. The third kappa shape index (κ3) is 8.61. The molecule has 0 bridgehead atoms. The van der Waals surface area contributed by atoms with E-state index in [0.717, 1.165) is 41.9 Å². The maximum absolute atomic E-state index is 10.8. The van der Waals surface area contributed by atoms with Crippen molar-refractivity contribution < 1.29 is 19.0 Å². The molecule has 1 aromatic carbocycles. The van der Waals surface area contributed by atoms with Gasteiger partial charge in [-0.2, -0.15) is 0 Å². The van der Waals surface area contributed by atoms with Crippen LogP contribution < -0.4 is 9.47 Å². The average Bonchev–Trinajstić information content (AvgIpc) is 2.57. The molecule has 0 aromatic heterocycles. The predicted octanol–water partition coefficient (Wildman–Crippen LogP) is 4.88. The largest absolute Gasteiger partial charge is 0.493 e. The van der Waals surface area contributed by atoms with Gasteiger partial charge < -0.3 is 14.2 Å². The summed E-state index contributed by atoms with van der Waals surface area (Å²) in [7, 11) is 0. The van der Waals surface area contributed by atoms with Crippen LogP contribution in [0, 0.1) is 0 Å². The van der Waals surface area contributed by atoms with E-state index in [1.807, 2.05) is 12.1 Å². The van der Waals surface area contributed by atoms with Gasteiger partial charge in [-0.15, -0.1) is 0 Å². The summed E-state index contributed by atoms with van der Waals surface area (Å²) < 4.78 is 17.1. The van der Waals surface area contributed by atoms with Gasteiger partial charge in [0.15, 0.2) is 5.78 Å². The highest BCUT2D eigenvalue weighted by Gasteiger charge is 2.11. The highest BCUT2D eigenvalue weighted by atomic mass is 35.5. The second-order valence-corrected chi connectivity index (χ2v) is 6.55. The molecule has 0 radical (unpaired) electrons. The number of hydrogen-bond acceptors (Lipinski definition) is 4. The standard InChI is InChI=1S/C19H26Cl2O4/c1-4-15-11-17(24-10-7-18(20)21)12-16(5-2)19(15)25-9-6-8-23-13-14(3)22/h7,11-12H,4-6,8-10,13H2,1-3H3. The number of carbonyl (C=O) groups excluding carboxylic acids is 1. The lowest BCUT2D eigenvalue weighted by atomic mass is 10.0. The molecule has 0 atom stereocenters. The lowest BCUT2D eigenvalue weighted by molar-refractivity contribution is -0.121. The van der Waals surface area contributed by atoms with Crippen molar-refractivity contribution in [3.63, 3.8) is 0 Å². The van der Waals surface area contributed by atoms with E-state index in [9.17, 15) is 4.79 Å². The van der Waals surface area contributed by atoms with Gasteiger partial charge in [0.25, 0.3) is 0 Å². The maximum atomic E-state index is 10.8. The van der Waals surface area contributed by atoms with Crippen LogP contribution in [0.1, 0.15) is 38.3 Å². The van der Waals surface area contributed by atoms with Crippen molar-refractivity contribution in [3.05, 3.63) is 33.8 Å². The predicted molar refractivity (Wildman–Crippen MR) is 102 cm³/mol. The summed E-state index contributed by atoms with van der Waals surface area (Å²) in [5, 5.41) is 0. The van der Waals surface area contributed by atoms with E-state index in [2.05, 4.69) is 13.8 Å². The molecule has 0 spiro atoms. The second-order valence-electron chi connectivity index (χ2n) is 5.54. The summed E-state index contributed by atoms with van der Waals surface area (Å²) in [6, 6.07) is 3.97.